The van der Waals surface area contributed by atoms with E-state index >= 15 is 0 Å². The number of hydrogen-bond acceptors (Lipinski definition) is 3. The number of anilines is 5. The van der Waals surface area contributed by atoms with E-state index in [2.05, 4.69) is 214 Å². The highest BCUT2D eigenvalue weighted by Crippen LogP contribution is 2.55. The molecule has 3 heteroatoms. The number of aromatic nitrogens is 1. The van der Waals surface area contributed by atoms with E-state index in [0.29, 0.717) is 0 Å². The highest BCUT2D eigenvalue weighted by Gasteiger charge is 2.42. The fraction of sp³-hybridized carbons (Fsp3) is 0.122. The van der Waals surface area contributed by atoms with Crippen molar-refractivity contribution in [2.45, 2.75) is 38.5 Å². The molecule has 52 heavy (non-hydrogen) atoms. The molecule has 3 heterocycles. The van der Waals surface area contributed by atoms with Crippen molar-refractivity contribution in [1.29, 1.82) is 0 Å². The average molecular weight is 672 g/mol. The summed E-state index contributed by atoms with van der Waals surface area (Å²) in [5, 5.41) is 0. The number of fused-ring (bicyclic) bond motifs is 2. The predicted molar refractivity (Wildman–Crippen MR) is 218 cm³/mol. The molecule has 6 aromatic carbocycles. The lowest BCUT2D eigenvalue weighted by Gasteiger charge is -2.46. The van der Waals surface area contributed by atoms with E-state index in [-0.39, 0.29) is 10.8 Å². The van der Waals surface area contributed by atoms with Crippen LogP contribution in [-0.2, 0) is 10.8 Å². The molecular formula is C49H41N3. The molecule has 0 bridgehead atoms. The van der Waals surface area contributed by atoms with Crippen molar-refractivity contribution < 1.29 is 0 Å². The summed E-state index contributed by atoms with van der Waals surface area (Å²) < 4.78 is 0. The number of hydrogen-bond donors (Lipinski definition) is 0. The van der Waals surface area contributed by atoms with E-state index in [0.717, 1.165) is 28.3 Å². The van der Waals surface area contributed by atoms with E-state index in [1.165, 1.54) is 50.3 Å². The van der Waals surface area contributed by atoms with Crippen molar-refractivity contribution in [1.82, 2.24) is 4.98 Å². The summed E-state index contributed by atoms with van der Waals surface area (Å²) in [6.07, 6.45) is 6.71. The Morgan fingerprint density at radius 2 is 1.08 bits per heavy atom. The van der Waals surface area contributed by atoms with Gasteiger partial charge >= 0.3 is 0 Å². The van der Waals surface area contributed by atoms with Crippen LogP contribution in [0.25, 0.3) is 33.5 Å². The molecule has 3 nitrogen and oxygen atoms in total. The van der Waals surface area contributed by atoms with Gasteiger partial charge in [0, 0.05) is 62.7 Å². The van der Waals surface area contributed by atoms with Crippen LogP contribution in [-0.4, -0.2) is 4.98 Å². The molecule has 0 fully saturated rings. The normalized spacial score (nSPS) is 14.7. The standard InChI is InChI=1S/C49H41N3/c1-48(2)29-30-51-44-24-12-11-23-42(44)49(3,4)43-33-50-46(45(48)47(43)51)35-25-27-40(28-26-35)52(39-20-9-6-10-21-39)41-22-14-19-38(32-41)37-18-13-17-36(31-37)34-15-7-5-8-16-34/h5-33H,1-4H3. The number of rotatable bonds is 6. The average Bonchev–Trinajstić information content (AvgIpc) is 3.19. The Labute approximate surface area is 307 Å². The lowest BCUT2D eigenvalue weighted by atomic mass is 9.69. The number of nitrogens with zero attached hydrogens (tertiary/aromatic N) is 3. The van der Waals surface area contributed by atoms with Crippen molar-refractivity contribution in [3.8, 4) is 33.5 Å². The van der Waals surface area contributed by atoms with Gasteiger partial charge in [0.15, 0.2) is 0 Å². The van der Waals surface area contributed by atoms with Crippen LogP contribution in [0.3, 0.4) is 0 Å². The van der Waals surface area contributed by atoms with Gasteiger partial charge in [0.2, 0.25) is 0 Å². The van der Waals surface area contributed by atoms with Crippen LogP contribution in [0.2, 0.25) is 0 Å². The molecule has 0 spiro atoms. The van der Waals surface area contributed by atoms with E-state index in [4.69, 9.17) is 4.98 Å². The van der Waals surface area contributed by atoms with Gasteiger partial charge in [-0.1, -0.05) is 143 Å². The minimum atomic E-state index is -0.195. The van der Waals surface area contributed by atoms with Crippen LogP contribution in [0.1, 0.15) is 44.4 Å². The molecule has 0 aliphatic carbocycles. The maximum atomic E-state index is 5.26. The predicted octanol–water partition coefficient (Wildman–Crippen LogP) is 13.1. The van der Waals surface area contributed by atoms with Gasteiger partial charge in [-0.2, -0.15) is 0 Å². The van der Waals surface area contributed by atoms with E-state index in [1.807, 2.05) is 0 Å². The SMILES string of the molecule is CC1(C)C=CN2c3ccccc3C(C)(C)c3cnc(-c4ccc(N(c5ccccc5)c5cccc(-c6cccc(-c7ccccc7)c6)c5)cc4)c1c32. The zero-order chi connectivity index (χ0) is 35.5. The molecule has 0 saturated heterocycles. The Hall–Kier alpha value is -6.19. The van der Waals surface area contributed by atoms with E-state index in [1.54, 1.807) is 0 Å². The van der Waals surface area contributed by atoms with Crippen molar-refractivity contribution >= 4 is 28.4 Å². The summed E-state index contributed by atoms with van der Waals surface area (Å²) in [6.45, 7) is 9.27. The molecular weight excluding hydrogens is 631 g/mol. The first-order valence-electron chi connectivity index (χ1n) is 18.1. The third-order valence-corrected chi connectivity index (χ3v) is 10.9. The van der Waals surface area contributed by atoms with Gasteiger partial charge < -0.3 is 9.80 Å². The van der Waals surface area contributed by atoms with Crippen molar-refractivity contribution in [3.63, 3.8) is 0 Å². The molecule has 0 N–H and O–H groups in total. The minimum Gasteiger partial charge on any atom is -0.316 e. The molecule has 7 aromatic rings. The van der Waals surface area contributed by atoms with Gasteiger partial charge in [0.25, 0.3) is 0 Å². The summed E-state index contributed by atoms with van der Waals surface area (Å²) in [4.78, 5) is 9.98. The molecule has 9 rings (SSSR count). The van der Waals surface area contributed by atoms with Gasteiger partial charge in [-0.3, -0.25) is 4.98 Å². The topological polar surface area (TPSA) is 19.4 Å². The second-order valence-electron chi connectivity index (χ2n) is 15.0. The van der Waals surface area contributed by atoms with Crippen LogP contribution in [0.5, 0.6) is 0 Å². The van der Waals surface area contributed by atoms with Crippen molar-refractivity contribution in [2.75, 3.05) is 9.80 Å². The Morgan fingerprint density at radius 3 is 1.83 bits per heavy atom. The van der Waals surface area contributed by atoms with Crippen LogP contribution < -0.4 is 9.80 Å². The molecule has 0 atom stereocenters. The summed E-state index contributed by atoms with van der Waals surface area (Å²) in [5.74, 6) is 0. The molecule has 0 amide bonds. The quantitative estimate of drug-likeness (QED) is 0.175. The monoisotopic (exact) mass is 671 g/mol. The summed E-state index contributed by atoms with van der Waals surface area (Å²) in [6, 6.07) is 56.6. The minimum absolute atomic E-state index is 0.165. The zero-order valence-electron chi connectivity index (χ0n) is 30.1. The third-order valence-electron chi connectivity index (χ3n) is 10.9. The number of pyridine rings is 1. The first-order valence-corrected chi connectivity index (χ1v) is 18.1. The Kier molecular flexibility index (Phi) is 7.48. The van der Waals surface area contributed by atoms with Gasteiger partial charge in [0.05, 0.1) is 11.4 Å². The first kappa shape index (κ1) is 31.8. The number of benzene rings is 6. The lowest BCUT2D eigenvalue weighted by Crippen LogP contribution is -2.36. The fourth-order valence-electron chi connectivity index (χ4n) is 8.14. The number of para-hydroxylation sites is 2. The molecule has 2 aliphatic rings. The second-order valence-corrected chi connectivity index (χ2v) is 15.0. The van der Waals surface area contributed by atoms with Gasteiger partial charge in [0.1, 0.15) is 0 Å². The molecule has 0 radical (unpaired) electrons. The summed E-state index contributed by atoms with van der Waals surface area (Å²) in [7, 11) is 0. The van der Waals surface area contributed by atoms with Crippen LogP contribution in [0, 0.1) is 0 Å². The Balaban J connectivity index is 1.13. The maximum absolute atomic E-state index is 5.26. The summed E-state index contributed by atoms with van der Waals surface area (Å²) >= 11 is 0. The molecule has 252 valence electrons. The first-order chi connectivity index (χ1) is 25.3. The largest absolute Gasteiger partial charge is 0.316 e. The van der Waals surface area contributed by atoms with E-state index in [9.17, 15) is 0 Å². The van der Waals surface area contributed by atoms with Gasteiger partial charge in [-0.05, 0) is 76.3 Å². The molecule has 0 unspecified atom stereocenters. The highest BCUT2D eigenvalue weighted by atomic mass is 15.2. The van der Waals surface area contributed by atoms with Gasteiger partial charge in [-0.25, -0.2) is 0 Å². The maximum Gasteiger partial charge on any atom is 0.0763 e. The lowest BCUT2D eigenvalue weighted by molar-refractivity contribution is 0.603. The Morgan fingerprint density at radius 1 is 0.500 bits per heavy atom. The smallest absolute Gasteiger partial charge is 0.0763 e. The molecule has 0 saturated carbocycles. The van der Waals surface area contributed by atoms with Crippen molar-refractivity contribution in [2.24, 2.45) is 0 Å². The summed E-state index contributed by atoms with van der Waals surface area (Å²) in [5.41, 5.74) is 16.3. The van der Waals surface area contributed by atoms with Crippen molar-refractivity contribution in [3.05, 3.63) is 193 Å². The third kappa shape index (κ3) is 5.24. The van der Waals surface area contributed by atoms with Crippen LogP contribution >= 0.6 is 0 Å². The van der Waals surface area contributed by atoms with Crippen LogP contribution in [0.15, 0.2) is 176 Å². The second kappa shape index (κ2) is 12.2. The molecule has 1 aromatic heterocycles. The highest BCUT2D eigenvalue weighted by molar-refractivity contribution is 5.89. The van der Waals surface area contributed by atoms with E-state index < -0.39 is 0 Å². The number of allylic oxidation sites excluding steroid dienone is 1. The zero-order valence-corrected chi connectivity index (χ0v) is 30.1. The van der Waals surface area contributed by atoms with Gasteiger partial charge in [-0.15, -0.1) is 0 Å². The Bertz CT molecular complexity index is 2460. The van der Waals surface area contributed by atoms with Crippen LogP contribution in [0.4, 0.5) is 28.4 Å². The molecule has 2 aliphatic heterocycles. The fourth-order valence-corrected chi connectivity index (χ4v) is 8.14.